The van der Waals surface area contributed by atoms with Crippen LogP contribution in [0.2, 0.25) is 0 Å². The number of piperazine rings is 1. The van der Waals surface area contributed by atoms with E-state index < -0.39 is 0 Å². The Balaban J connectivity index is 1.93. The van der Waals surface area contributed by atoms with Crippen LogP contribution in [0.15, 0.2) is 0 Å². The van der Waals surface area contributed by atoms with Crippen LogP contribution in [0.1, 0.15) is 60.8 Å². The molecule has 124 valence electrons. The molecule has 2 fully saturated rings. The summed E-state index contributed by atoms with van der Waals surface area (Å²) in [6, 6.07) is 0.645. The van der Waals surface area contributed by atoms with Gasteiger partial charge < -0.3 is 10.1 Å². The third kappa shape index (κ3) is 4.94. The Hall–Kier alpha value is -0.120. The summed E-state index contributed by atoms with van der Waals surface area (Å²) in [5.74, 6) is 1.65. The molecule has 1 saturated carbocycles. The van der Waals surface area contributed by atoms with Crippen molar-refractivity contribution in [3.63, 3.8) is 0 Å². The topological polar surface area (TPSA) is 24.5 Å². The second kappa shape index (κ2) is 6.55. The number of nitrogens with one attached hydrogen (secondary N) is 1. The highest BCUT2D eigenvalue weighted by molar-refractivity contribution is 5.04. The van der Waals surface area contributed by atoms with E-state index in [0.717, 1.165) is 31.5 Å². The van der Waals surface area contributed by atoms with Crippen LogP contribution in [0.3, 0.4) is 0 Å². The predicted octanol–water partition coefficient (Wildman–Crippen LogP) is 3.29. The van der Waals surface area contributed by atoms with E-state index in [1.807, 2.05) is 0 Å². The molecule has 0 aromatic rings. The first-order valence-electron chi connectivity index (χ1n) is 8.83. The quantitative estimate of drug-likeness (QED) is 0.814. The van der Waals surface area contributed by atoms with E-state index in [-0.39, 0.29) is 5.60 Å². The summed E-state index contributed by atoms with van der Waals surface area (Å²) < 4.78 is 5.98. The van der Waals surface area contributed by atoms with Gasteiger partial charge in [0.15, 0.2) is 0 Å². The summed E-state index contributed by atoms with van der Waals surface area (Å²) in [7, 11) is 0. The zero-order valence-corrected chi connectivity index (χ0v) is 15.0. The minimum Gasteiger partial charge on any atom is -0.375 e. The van der Waals surface area contributed by atoms with Gasteiger partial charge in [-0.2, -0.15) is 0 Å². The minimum absolute atomic E-state index is 0.0264. The van der Waals surface area contributed by atoms with Gasteiger partial charge >= 0.3 is 0 Å². The van der Waals surface area contributed by atoms with Crippen molar-refractivity contribution >= 4 is 0 Å². The fourth-order valence-electron chi connectivity index (χ4n) is 3.65. The Morgan fingerprint density at radius 3 is 2.48 bits per heavy atom. The highest BCUT2D eigenvalue weighted by Crippen LogP contribution is 2.44. The van der Waals surface area contributed by atoms with Crippen LogP contribution >= 0.6 is 0 Å². The van der Waals surface area contributed by atoms with E-state index in [4.69, 9.17) is 4.74 Å². The lowest BCUT2D eigenvalue weighted by atomic mass is 9.88. The lowest BCUT2D eigenvalue weighted by Gasteiger charge is -2.49. The molecule has 21 heavy (non-hydrogen) atoms. The molecule has 2 rings (SSSR count). The normalized spacial score (nSPS) is 31.9. The number of hydrogen-bond acceptors (Lipinski definition) is 3. The zero-order chi connectivity index (χ0) is 15.7. The molecular weight excluding hydrogens is 260 g/mol. The Kier molecular flexibility index (Phi) is 5.38. The fourth-order valence-corrected chi connectivity index (χ4v) is 3.65. The summed E-state index contributed by atoms with van der Waals surface area (Å²) in [5.41, 5.74) is 0.316. The monoisotopic (exact) mass is 296 g/mol. The SMILES string of the molecule is CC(C)CC1CN(CCOC(C)(C)C)C(C)(C2CC2)CN1. The van der Waals surface area contributed by atoms with Crippen molar-refractivity contribution in [2.24, 2.45) is 11.8 Å². The summed E-state index contributed by atoms with van der Waals surface area (Å²) in [6.07, 6.45) is 4.09. The van der Waals surface area contributed by atoms with Crippen molar-refractivity contribution < 1.29 is 4.74 Å². The summed E-state index contributed by atoms with van der Waals surface area (Å²) in [5, 5.41) is 3.82. The maximum Gasteiger partial charge on any atom is 0.0600 e. The third-order valence-electron chi connectivity index (χ3n) is 5.02. The van der Waals surface area contributed by atoms with E-state index >= 15 is 0 Å². The number of rotatable bonds is 6. The summed E-state index contributed by atoms with van der Waals surface area (Å²) in [6.45, 7) is 17.8. The van der Waals surface area contributed by atoms with Crippen LogP contribution in [0, 0.1) is 11.8 Å². The first-order chi connectivity index (χ1) is 9.71. The number of ether oxygens (including phenoxy) is 1. The van der Waals surface area contributed by atoms with E-state index in [0.29, 0.717) is 11.6 Å². The van der Waals surface area contributed by atoms with Gasteiger partial charge in [0.05, 0.1) is 12.2 Å². The lowest BCUT2D eigenvalue weighted by molar-refractivity contribution is -0.0419. The van der Waals surface area contributed by atoms with Gasteiger partial charge in [0, 0.05) is 31.2 Å². The third-order valence-corrected chi connectivity index (χ3v) is 5.02. The van der Waals surface area contributed by atoms with Crippen LogP contribution in [0.5, 0.6) is 0 Å². The molecule has 2 unspecified atom stereocenters. The highest BCUT2D eigenvalue weighted by Gasteiger charge is 2.48. The number of hydrogen-bond donors (Lipinski definition) is 1. The maximum absolute atomic E-state index is 5.98. The van der Waals surface area contributed by atoms with Gasteiger partial charge in [0.1, 0.15) is 0 Å². The van der Waals surface area contributed by atoms with Crippen molar-refractivity contribution in [3.05, 3.63) is 0 Å². The average Bonchev–Trinajstić information content (AvgIpc) is 3.15. The molecule has 2 atom stereocenters. The van der Waals surface area contributed by atoms with E-state index in [9.17, 15) is 0 Å². The second-order valence-corrected chi connectivity index (χ2v) is 8.75. The smallest absolute Gasteiger partial charge is 0.0600 e. The molecule has 0 aromatic heterocycles. The van der Waals surface area contributed by atoms with Crippen LogP contribution in [0.25, 0.3) is 0 Å². The van der Waals surface area contributed by atoms with Crippen LogP contribution in [0.4, 0.5) is 0 Å². The summed E-state index contributed by atoms with van der Waals surface area (Å²) in [4.78, 5) is 2.72. The Morgan fingerprint density at radius 2 is 1.95 bits per heavy atom. The van der Waals surface area contributed by atoms with Gasteiger partial charge in [-0.15, -0.1) is 0 Å². The first kappa shape index (κ1) is 17.2. The molecule has 3 nitrogen and oxygen atoms in total. The maximum atomic E-state index is 5.98. The van der Waals surface area contributed by atoms with Gasteiger partial charge in [-0.25, -0.2) is 0 Å². The molecule has 0 bridgehead atoms. The minimum atomic E-state index is -0.0264. The molecule has 0 spiro atoms. The molecule has 0 amide bonds. The Labute approximate surface area is 131 Å². The molecular formula is C18H36N2O. The molecule has 1 aliphatic heterocycles. The van der Waals surface area contributed by atoms with Crippen LogP contribution in [-0.4, -0.2) is 48.3 Å². The first-order valence-corrected chi connectivity index (χ1v) is 8.83. The van der Waals surface area contributed by atoms with Crippen molar-refractivity contribution in [1.29, 1.82) is 0 Å². The largest absolute Gasteiger partial charge is 0.375 e. The van der Waals surface area contributed by atoms with Crippen molar-refractivity contribution in [3.8, 4) is 0 Å². The van der Waals surface area contributed by atoms with Gasteiger partial charge in [-0.1, -0.05) is 13.8 Å². The lowest BCUT2D eigenvalue weighted by Crippen LogP contribution is -2.65. The standard InChI is InChI=1S/C18H36N2O/c1-14(2)11-16-12-20(9-10-21-17(3,4)5)18(6,13-19-16)15-7-8-15/h14-16,19H,7-13H2,1-6H3. The fraction of sp³-hybridized carbons (Fsp3) is 1.00. The van der Waals surface area contributed by atoms with Crippen LogP contribution in [-0.2, 0) is 4.74 Å². The van der Waals surface area contributed by atoms with Gasteiger partial charge in [0.25, 0.3) is 0 Å². The Morgan fingerprint density at radius 1 is 1.29 bits per heavy atom. The predicted molar refractivity (Wildman–Crippen MR) is 89.7 cm³/mol. The second-order valence-electron chi connectivity index (χ2n) is 8.75. The number of nitrogens with zero attached hydrogens (tertiary/aromatic N) is 1. The van der Waals surface area contributed by atoms with Gasteiger partial charge in [0.2, 0.25) is 0 Å². The Bertz CT molecular complexity index is 333. The molecule has 0 aromatic carbocycles. The van der Waals surface area contributed by atoms with Gasteiger partial charge in [-0.05, 0) is 58.8 Å². The summed E-state index contributed by atoms with van der Waals surface area (Å²) >= 11 is 0. The van der Waals surface area contributed by atoms with Gasteiger partial charge in [-0.3, -0.25) is 4.90 Å². The molecule has 1 N–H and O–H groups in total. The highest BCUT2D eigenvalue weighted by atomic mass is 16.5. The van der Waals surface area contributed by atoms with Crippen molar-refractivity contribution in [1.82, 2.24) is 10.2 Å². The molecule has 2 aliphatic rings. The zero-order valence-electron chi connectivity index (χ0n) is 15.0. The van der Waals surface area contributed by atoms with Crippen molar-refractivity contribution in [2.75, 3.05) is 26.2 Å². The molecule has 1 heterocycles. The van der Waals surface area contributed by atoms with E-state index in [1.54, 1.807) is 0 Å². The molecule has 3 heteroatoms. The van der Waals surface area contributed by atoms with E-state index in [2.05, 4.69) is 51.8 Å². The van der Waals surface area contributed by atoms with Crippen LogP contribution < -0.4 is 5.32 Å². The van der Waals surface area contributed by atoms with Crippen molar-refractivity contribution in [2.45, 2.75) is 78.0 Å². The van der Waals surface area contributed by atoms with E-state index in [1.165, 1.54) is 25.8 Å². The molecule has 0 radical (unpaired) electrons. The average molecular weight is 296 g/mol. The molecule has 1 saturated heterocycles. The molecule has 1 aliphatic carbocycles.